The third-order valence-corrected chi connectivity index (χ3v) is 19.5. The molecule has 3 fully saturated rings. The van der Waals surface area contributed by atoms with E-state index in [9.17, 15) is 4.79 Å². The highest BCUT2D eigenvalue weighted by atomic mass is 28.4. The molecule has 3 aliphatic rings. The van der Waals surface area contributed by atoms with Gasteiger partial charge in [0.05, 0.1) is 6.10 Å². The van der Waals surface area contributed by atoms with Crippen molar-refractivity contribution in [3.63, 3.8) is 0 Å². The molecule has 1 unspecified atom stereocenters. The molecule has 1 N–H and O–H groups in total. The van der Waals surface area contributed by atoms with Crippen LogP contribution in [0.5, 0.6) is 0 Å². The van der Waals surface area contributed by atoms with Crippen LogP contribution in [0.25, 0.3) is 0 Å². The summed E-state index contributed by atoms with van der Waals surface area (Å²) in [5, 5.41) is 9.41. The highest BCUT2D eigenvalue weighted by Crippen LogP contribution is 2.53. The number of allylic oxidation sites excluding steroid dienone is 2. The standard InChI is InChI=1S/C32H56O4Si2/c1-31(2,3)37(7,8)35-28(23-14-11-12-15-23)20-19-26-27-22-24(16-13-17-30(33)34)25(27)18-21-29(26)36-38(9,10)32(4,5)6/h16,23,25-29H,11-15,17-18,21-22H2,1-10H3,(H,33,34)/b24-16-/t25-,26-,27+,28?,29-/m1/s1. The molecule has 0 spiro atoms. The molecule has 3 saturated carbocycles. The van der Waals surface area contributed by atoms with Crippen LogP contribution in [0.15, 0.2) is 11.6 Å². The van der Waals surface area contributed by atoms with Gasteiger partial charge in [0.25, 0.3) is 0 Å². The lowest BCUT2D eigenvalue weighted by atomic mass is 9.57. The Morgan fingerprint density at radius 2 is 1.61 bits per heavy atom. The summed E-state index contributed by atoms with van der Waals surface area (Å²) < 4.78 is 14.1. The number of carboxylic acids is 1. The van der Waals surface area contributed by atoms with E-state index in [4.69, 9.17) is 14.0 Å². The largest absolute Gasteiger partial charge is 0.481 e. The van der Waals surface area contributed by atoms with Gasteiger partial charge in [-0.2, -0.15) is 0 Å². The topological polar surface area (TPSA) is 55.8 Å². The molecule has 3 aliphatic carbocycles. The molecule has 0 bridgehead atoms. The van der Waals surface area contributed by atoms with Gasteiger partial charge in [0, 0.05) is 12.3 Å². The minimum Gasteiger partial charge on any atom is -0.481 e. The van der Waals surface area contributed by atoms with Crippen molar-refractivity contribution >= 4 is 22.6 Å². The molecule has 5 atom stereocenters. The number of fused-ring (bicyclic) bond motifs is 1. The maximum Gasteiger partial charge on any atom is 0.303 e. The van der Waals surface area contributed by atoms with E-state index in [0.29, 0.717) is 24.2 Å². The van der Waals surface area contributed by atoms with Crippen molar-refractivity contribution in [3.05, 3.63) is 11.6 Å². The van der Waals surface area contributed by atoms with Crippen LogP contribution in [-0.4, -0.2) is 39.9 Å². The van der Waals surface area contributed by atoms with Crippen molar-refractivity contribution < 1.29 is 18.8 Å². The van der Waals surface area contributed by atoms with E-state index in [1.54, 1.807) is 0 Å². The molecule has 38 heavy (non-hydrogen) atoms. The summed E-state index contributed by atoms with van der Waals surface area (Å²) in [4.78, 5) is 11.0. The number of hydrogen-bond donors (Lipinski definition) is 1. The monoisotopic (exact) mass is 560 g/mol. The van der Waals surface area contributed by atoms with Crippen molar-refractivity contribution in [1.82, 2.24) is 0 Å². The first-order valence-corrected chi connectivity index (χ1v) is 21.0. The molecule has 3 rings (SSSR count). The Kier molecular flexibility index (Phi) is 9.93. The fourth-order valence-corrected chi connectivity index (χ4v) is 8.55. The van der Waals surface area contributed by atoms with Crippen LogP contribution in [-0.2, 0) is 13.6 Å². The van der Waals surface area contributed by atoms with Gasteiger partial charge in [-0.1, -0.05) is 77.9 Å². The Morgan fingerprint density at radius 1 is 1.00 bits per heavy atom. The first-order valence-electron chi connectivity index (χ1n) is 15.2. The lowest BCUT2D eigenvalue weighted by molar-refractivity contribution is -0.136. The minimum absolute atomic E-state index is 0.0259. The average molecular weight is 561 g/mol. The van der Waals surface area contributed by atoms with Gasteiger partial charge in [-0.15, -0.1) is 0 Å². The first-order chi connectivity index (χ1) is 17.4. The van der Waals surface area contributed by atoms with Crippen LogP contribution >= 0.6 is 0 Å². The summed E-state index contributed by atoms with van der Waals surface area (Å²) in [6.07, 6.45) is 11.5. The fourth-order valence-electron chi connectivity index (χ4n) is 5.94. The van der Waals surface area contributed by atoms with Crippen LogP contribution in [0.3, 0.4) is 0 Å². The summed E-state index contributed by atoms with van der Waals surface area (Å²) in [6, 6.07) is 0. The molecular weight excluding hydrogens is 505 g/mol. The zero-order valence-electron chi connectivity index (χ0n) is 26.1. The molecule has 0 amide bonds. The van der Waals surface area contributed by atoms with E-state index < -0.39 is 22.6 Å². The van der Waals surface area contributed by atoms with Crippen LogP contribution in [0.4, 0.5) is 0 Å². The van der Waals surface area contributed by atoms with Gasteiger partial charge in [-0.25, -0.2) is 0 Å². The van der Waals surface area contributed by atoms with Crippen molar-refractivity contribution in [2.45, 2.75) is 148 Å². The van der Waals surface area contributed by atoms with Crippen LogP contribution in [0, 0.1) is 35.5 Å². The Hall–Kier alpha value is -0.876. The molecule has 0 radical (unpaired) electrons. The SMILES string of the molecule is CC(C)(C)[Si](C)(C)OC(C#C[C@@H]1[C@H]2C/C(=C/CCC(=O)O)[C@H]2CC[C@H]1O[Si](C)(C)C(C)(C)C)C1CCCC1. The Labute approximate surface area is 236 Å². The van der Waals surface area contributed by atoms with E-state index in [-0.39, 0.29) is 34.6 Å². The van der Waals surface area contributed by atoms with Crippen molar-refractivity contribution in [3.8, 4) is 11.8 Å². The number of rotatable bonds is 8. The maximum absolute atomic E-state index is 11.0. The first kappa shape index (κ1) is 31.6. The Balaban J connectivity index is 1.89. The second-order valence-corrected chi connectivity index (χ2v) is 24.9. The summed E-state index contributed by atoms with van der Waals surface area (Å²) in [5.41, 5.74) is 1.46. The zero-order chi connectivity index (χ0) is 28.5. The summed E-state index contributed by atoms with van der Waals surface area (Å²) in [7, 11) is -3.87. The minimum atomic E-state index is -1.94. The van der Waals surface area contributed by atoms with Crippen molar-refractivity contribution in [2.24, 2.45) is 23.7 Å². The normalized spacial score (nSPS) is 28.8. The zero-order valence-corrected chi connectivity index (χ0v) is 28.1. The predicted octanol–water partition coefficient (Wildman–Crippen LogP) is 8.80. The van der Waals surface area contributed by atoms with Gasteiger partial charge < -0.3 is 14.0 Å². The molecule has 0 aliphatic heterocycles. The second kappa shape index (κ2) is 11.9. The Bertz CT molecular complexity index is 922. The van der Waals surface area contributed by atoms with Crippen LogP contribution < -0.4 is 0 Å². The van der Waals surface area contributed by atoms with Gasteiger partial charge in [-0.3, -0.25) is 4.79 Å². The van der Waals surface area contributed by atoms with E-state index in [1.165, 1.54) is 31.3 Å². The smallest absolute Gasteiger partial charge is 0.303 e. The summed E-state index contributed by atoms with van der Waals surface area (Å²) >= 11 is 0. The number of aliphatic carboxylic acids is 1. The van der Waals surface area contributed by atoms with Crippen molar-refractivity contribution in [2.75, 3.05) is 0 Å². The predicted molar refractivity (Wildman–Crippen MR) is 163 cm³/mol. The lowest BCUT2D eigenvalue weighted by Crippen LogP contribution is -2.51. The van der Waals surface area contributed by atoms with Crippen LogP contribution in [0.1, 0.15) is 99.3 Å². The van der Waals surface area contributed by atoms with Gasteiger partial charge in [0.2, 0.25) is 0 Å². The van der Waals surface area contributed by atoms with E-state index in [0.717, 1.165) is 19.3 Å². The summed E-state index contributed by atoms with van der Waals surface area (Å²) in [6.45, 7) is 23.4. The molecule has 0 saturated heterocycles. The quantitative estimate of drug-likeness (QED) is 0.183. The van der Waals surface area contributed by atoms with E-state index in [1.807, 2.05) is 0 Å². The molecule has 0 aromatic rings. The van der Waals surface area contributed by atoms with Gasteiger partial charge in [0.1, 0.15) is 6.10 Å². The Morgan fingerprint density at radius 3 is 2.16 bits per heavy atom. The highest BCUT2D eigenvalue weighted by molar-refractivity contribution is 6.74. The third-order valence-electron chi connectivity index (χ3n) is 10.6. The van der Waals surface area contributed by atoms with Crippen molar-refractivity contribution in [1.29, 1.82) is 0 Å². The highest BCUT2D eigenvalue weighted by Gasteiger charge is 2.50. The van der Waals surface area contributed by atoms with Crippen LogP contribution in [0.2, 0.25) is 36.3 Å². The summed E-state index contributed by atoms with van der Waals surface area (Å²) in [5.74, 6) is 8.73. The number of carbonyl (C=O) groups is 1. The average Bonchev–Trinajstić information content (AvgIpc) is 3.28. The number of hydrogen-bond acceptors (Lipinski definition) is 3. The molecule has 0 heterocycles. The number of carboxylic acid groups (broad SMARTS) is 1. The van der Waals surface area contributed by atoms with Gasteiger partial charge in [-0.05, 0) is 92.5 Å². The molecule has 4 nitrogen and oxygen atoms in total. The lowest BCUT2D eigenvalue weighted by Gasteiger charge is -2.52. The molecule has 0 aromatic carbocycles. The molecule has 0 aromatic heterocycles. The van der Waals surface area contributed by atoms with Gasteiger partial charge >= 0.3 is 5.97 Å². The van der Waals surface area contributed by atoms with E-state index in [2.05, 4.69) is 85.6 Å². The van der Waals surface area contributed by atoms with Gasteiger partial charge in [0.15, 0.2) is 16.6 Å². The maximum atomic E-state index is 11.0. The third kappa shape index (κ3) is 7.44. The second-order valence-electron chi connectivity index (χ2n) is 15.3. The van der Waals surface area contributed by atoms with E-state index >= 15 is 0 Å². The molecule has 216 valence electrons. The fraction of sp³-hybridized carbons (Fsp3) is 0.844. The molecule has 6 heteroatoms. The molecular formula is C32H56O4Si2.